The van der Waals surface area contributed by atoms with Crippen LogP contribution in [0.3, 0.4) is 0 Å². The van der Waals surface area contributed by atoms with E-state index in [-0.39, 0.29) is 23.5 Å². The molecule has 0 aromatic rings. The van der Waals surface area contributed by atoms with Crippen molar-refractivity contribution >= 4 is 11.9 Å². The molecule has 5 rings (SSSR count). The number of hydrogen-bond acceptors (Lipinski definition) is 2. The molecule has 4 nitrogen and oxygen atoms in total. The van der Waals surface area contributed by atoms with Crippen LogP contribution in [0.5, 0.6) is 0 Å². The second-order valence-electron chi connectivity index (χ2n) is 7.99. The molecule has 4 aliphatic carbocycles. The van der Waals surface area contributed by atoms with Crippen LogP contribution >= 0.6 is 0 Å². The summed E-state index contributed by atoms with van der Waals surface area (Å²) in [6.45, 7) is 4.72. The number of hydrogen-bond donors (Lipinski definition) is 0. The number of rotatable bonds is 2. The van der Waals surface area contributed by atoms with Crippen molar-refractivity contribution in [3.05, 3.63) is 0 Å². The van der Waals surface area contributed by atoms with Gasteiger partial charge in [0.2, 0.25) is 5.91 Å². The first-order chi connectivity index (χ1) is 10.0. The zero-order valence-electron chi connectivity index (χ0n) is 13.2. The van der Waals surface area contributed by atoms with Crippen molar-refractivity contribution in [1.82, 2.24) is 9.80 Å². The van der Waals surface area contributed by atoms with Gasteiger partial charge in [-0.15, -0.1) is 0 Å². The Balaban J connectivity index is 1.68. The van der Waals surface area contributed by atoms with E-state index in [9.17, 15) is 9.59 Å². The fourth-order valence-corrected chi connectivity index (χ4v) is 6.13. The lowest BCUT2D eigenvalue weighted by Crippen LogP contribution is -2.68. The predicted octanol–water partition coefficient (Wildman–Crippen LogP) is 3.02. The normalized spacial score (nSPS) is 45.6. The van der Waals surface area contributed by atoms with E-state index in [1.165, 1.54) is 19.3 Å². The maximum absolute atomic E-state index is 12.9. The minimum atomic E-state index is -0.128. The lowest BCUT2D eigenvalue weighted by molar-refractivity contribution is -0.149. The van der Waals surface area contributed by atoms with Gasteiger partial charge < -0.3 is 4.90 Å². The van der Waals surface area contributed by atoms with Crippen molar-refractivity contribution in [3.63, 3.8) is 0 Å². The number of imide groups is 1. The summed E-state index contributed by atoms with van der Waals surface area (Å²) in [4.78, 5) is 29.2. The third-order valence-corrected chi connectivity index (χ3v) is 6.51. The van der Waals surface area contributed by atoms with Gasteiger partial charge in [-0.25, -0.2) is 4.79 Å². The number of carbonyl (C=O) groups excluding carboxylic acids is 2. The van der Waals surface area contributed by atoms with Gasteiger partial charge in [0, 0.05) is 19.0 Å². The van der Waals surface area contributed by atoms with E-state index in [0.717, 1.165) is 37.0 Å². The van der Waals surface area contributed by atoms with E-state index in [0.29, 0.717) is 13.0 Å². The molecule has 21 heavy (non-hydrogen) atoms. The first-order valence-electron chi connectivity index (χ1n) is 8.66. The van der Waals surface area contributed by atoms with Crippen molar-refractivity contribution in [2.45, 2.75) is 70.4 Å². The molecule has 0 aromatic heterocycles. The van der Waals surface area contributed by atoms with Crippen LogP contribution in [0.1, 0.15) is 58.8 Å². The first-order valence-corrected chi connectivity index (χ1v) is 8.66. The molecule has 0 aromatic carbocycles. The lowest BCUT2D eigenvalue weighted by Gasteiger charge is -2.61. The van der Waals surface area contributed by atoms with E-state index in [1.54, 1.807) is 4.90 Å². The maximum Gasteiger partial charge on any atom is 0.327 e. The van der Waals surface area contributed by atoms with E-state index in [4.69, 9.17) is 0 Å². The van der Waals surface area contributed by atoms with Crippen molar-refractivity contribution in [1.29, 1.82) is 0 Å². The van der Waals surface area contributed by atoms with Gasteiger partial charge >= 0.3 is 6.03 Å². The minimum absolute atomic E-state index is 0.0109. The topological polar surface area (TPSA) is 40.6 Å². The van der Waals surface area contributed by atoms with Crippen LogP contribution < -0.4 is 0 Å². The Hall–Kier alpha value is -1.06. The molecule has 4 heteroatoms. The van der Waals surface area contributed by atoms with Crippen LogP contribution in [0, 0.1) is 17.8 Å². The van der Waals surface area contributed by atoms with Crippen LogP contribution in [-0.4, -0.2) is 39.9 Å². The van der Waals surface area contributed by atoms with Crippen LogP contribution in [0.15, 0.2) is 0 Å². The van der Waals surface area contributed by atoms with Crippen molar-refractivity contribution in [2.75, 3.05) is 6.54 Å². The lowest BCUT2D eigenvalue weighted by atomic mass is 9.52. The number of carbonyl (C=O) groups is 2. The Labute approximate surface area is 126 Å². The van der Waals surface area contributed by atoms with Crippen LogP contribution in [0.25, 0.3) is 0 Å². The first kappa shape index (κ1) is 13.6. The molecule has 1 aliphatic heterocycles. The Morgan fingerprint density at radius 2 is 1.57 bits per heavy atom. The van der Waals surface area contributed by atoms with Gasteiger partial charge in [-0.3, -0.25) is 9.69 Å². The Morgan fingerprint density at radius 1 is 1.05 bits per heavy atom. The molecule has 5 fully saturated rings. The molecule has 4 saturated carbocycles. The largest absolute Gasteiger partial charge is 0.327 e. The van der Waals surface area contributed by atoms with E-state index >= 15 is 0 Å². The van der Waals surface area contributed by atoms with E-state index < -0.39 is 0 Å². The molecule has 1 saturated heterocycles. The number of urea groups is 1. The highest BCUT2D eigenvalue weighted by Gasteiger charge is 2.58. The summed E-state index contributed by atoms with van der Waals surface area (Å²) >= 11 is 0. The molecule has 0 N–H and O–H groups in total. The Kier molecular flexibility index (Phi) is 2.89. The third-order valence-electron chi connectivity index (χ3n) is 6.51. The molecule has 0 spiro atoms. The standard InChI is InChI=1S/C17H26N2O2/c1-3-18-11(2)4-15(20)19(16(18)21)17-8-12-5-13(9-17)7-14(6-12)10-17/h11-14H,3-10H2,1-2H3. The number of nitrogens with zero attached hydrogens (tertiary/aromatic N) is 2. The average molecular weight is 290 g/mol. The van der Waals surface area contributed by atoms with Gasteiger partial charge in [-0.1, -0.05) is 0 Å². The highest BCUT2D eigenvalue weighted by molar-refractivity contribution is 5.98. The predicted molar refractivity (Wildman–Crippen MR) is 79.6 cm³/mol. The highest BCUT2D eigenvalue weighted by atomic mass is 16.2. The zero-order valence-corrected chi connectivity index (χ0v) is 13.2. The average Bonchev–Trinajstić information content (AvgIpc) is 2.36. The molecule has 116 valence electrons. The SMILES string of the molecule is CCN1C(=O)N(C23CC4CC(CC(C4)C2)C3)C(=O)CC1C. The second kappa shape index (κ2) is 4.47. The van der Waals surface area contributed by atoms with Crippen molar-refractivity contribution < 1.29 is 9.59 Å². The summed E-state index contributed by atoms with van der Waals surface area (Å²) in [5.41, 5.74) is -0.128. The molecule has 1 heterocycles. The highest BCUT2D eigenvalue weighted by Crippen LogP contribution is 2.58. The summed E-state index contributed by atoms with van der Waals surface area (Å²) < 4.78 is 0. The third kappa shape index (κ3) is 1.87. The molecular formula is C17H26N2O2. The molecule has 4 bridgehead atoms. The molecule has 1 atom stereocenters. The van der Waals surface area contributed by atoms with Crippen LogP contribution in [-0.2, 0) is 4.79 Å². The smallest absolute Gasteiger partial charge is 0.321 e. The van der Waals surface area contributed by atoms with Gasteiger partial charge in [-0.2, -0.15) is 0 Å². The van der Waals surface area contributed by atoms with Gasteiger partial charge in [-0.05, 0) is 70.1 Å². The molecule has 1 unspecified atom stereocenters. The maximum atomic E-state index is 12.9. The zero-order chi connectivity index (χ0) is 14.8. The summed E-state index contributed by atoms with van der Waals surface area (Å²) in [5.74, 6) is 2.35. The van der Waals surface area contributed by atoms with Gasteiger partial charge in [0.05, 0.1) is 5.54 Å². The minimum Gasteiger partial charge on any atom is -0.321 e. The quantitative estimate of drug-likeness (QED) is 0.784. The Bertz CT molecular complexity index is 452. The molecule has 0 radical (unpaired) electrons. The van der Waals surface area contributed by atoms with Gasteiger partial charge in [0.15, 0.2) is 0 Å². The fraction of sp³-hybridized carbons (Fsp3) is 0.882. The summed E-state index contributed by atoms with van der Waals surface area (Å²) in [5, 5.41) is 0. The van der Waals surface area contributed by atoms with Gasteiger partial charge in [0.1, 0.15) is 0 Å². The molecular weight excluding hydrogens is 264 g/mol. The van der Waals surface area contributed by atoms with Crippen molar-refractivity contribution in [2.24, 2.45) is 17.8 Å². The Morgan fingerprint density at radius 3 is 2.05 bits per heavy atom. The van der Waals surface area contributed by atoms with Gasteiger partial charge in [0.25, 0.3) is 0 Å². The summed E-state index contributed by atoms with van der Waals surface area (Å²) in [6, 6.07) is 0.0448. The van der Waals surface area contributed by atoms with Crippen LogP contribution in [0.2, 0.25) is 0 Å². The summed E-state index contributed by atoms with van der Waals surface area (Å²) in [7, 11) is 0. The van der Waals surface area contributed by atoms with E-state index in [1.807, 2.05) is 18.7 Å². The van der Waals surface area contributed by atoms with E-state index in [2.05, 4.69) is 0 Å². The number of amides is 3. The second-order valence-corrected chi connectivity index (χ2v) is 7.99. The fourth-order valence-electron chi connectivity index (χ4n) is 6.13. The molecule has 3 amide bonds. The van der Waals surface area contributed by atoms with Crippen LogP contribution in [0.4, 0.5) is 4.79 Å². The van der Waals surface area contributed by atoms with Crippen molar-refractivity contribution in [3.8, 4) is 0 Å². The monoisotopic (exact) mass is 290 g/mol. The molecule has 5 aliphatic rings. The summed E-state index contributed by atoms with van der Waals surface area (Å²) in [6.07, 6.45) is 7.73.